The Hall–Kier alpha value is -3.07. The van der Waals surface area contributed by atoms with Gasteiger partial charge >= 0.3 is 5.97 Å². The molecule has 8 nitrogen and oxygen atoms in total. The van der Waals surface area contributed by atoms with Crippen LogP contribution < -0.4 is 5.56 Å². The lowest BCUT2D eigenvalue weighted by atomic mass is 9.78. The van der Waals surface area contributed by atoms with Crippen molar-refractivity contribution in [2.45, 2.75) is 56.3 Å². The number of amides is 1. The van der Waals surface area contributed by atoms with Crippen molar-refractivity contribution in [3.63, 3.8) is 0 Å². The maximum Gasteiger partial charge on any atom is 0.337 e. The fraction of sp³-hybridized carbons (Fsp3) is 0.462. The lowest BCUT2D eigenvalue weighted by Gasteiger charge is -2.44. The molecule has 9 heteroatoms. The Morgan fingerprint density at radius 2 is 2.00 bits per heavy atom. The molecule has 1 aromatic carbocycles. The number of carbonyl (C=O) groups excluding carboxylic acids is 2. The number of hydrogen-bond acceptors (Lipinski definition) is 7. The summed E-state index contributed by atoms with van der Waals surface area (Å²) in [5.74, 6) is 1.03. The van der Waals surface area contributed by atoms with Crippen molar-refractivity contribution in [3.8, 4) is 0 Å². The van der Waals surface area contributed by atoms with Gasteiger partial charge in [-0.25, -0.2) is 9.78 Å². The number of likely N-dealkylation sites (tertiary alicyclic amines) is 1. The molecular weight excluding hydrogens is 466 g/mol. The van der Waals surface area contributed by atoms with Crippen molar-refractivity contribution in [1.29, 1.82) is 0 Å². The monoisotopic (exact) mass is 495 g/mol. The molecule has 1 amide bonds. The number of methoxy groups -OCH3 is 1. The van der Waals surface area contributed by atoms with Crippen LogP contribution in [0.25, 0.3) is 10.9 Å². The van der Waals surface area contributed by atoms with Gasteiger partial charge in [0.15, 0.2) is 5.16 Å². The number of piperidine rings is 1. The van der Waals surface area contributed by atoms with Crippen LogP contribution in [0.15, 0.2) is 51.0 Å². The van der Waals surface area contributed by atoms with Crippen LogP contribution in [0.5, 0.6) is 0 Å². The molecule has 35 heavy (non-hydrogen) atoms. The van der Waals surface area contributed by atoms with Crippen LogP contribution >= 0.6 is 11.8 Å². The van der Waals surface area contributed by atoms with Gasteiger partial charge in [0.1, 0.15) is 5.76 Å². The first-order chi connectivity index (χ1) is 17.0. The molecule has 2 fully saturated rings. The Balaban J connectivity index is 1.45. The minimum atomic E-state index is -0.495. The van der Waals surface area contributed by atoms with Gasteiger partial charge in [0.05, 0.1) is 42.1 Å². The normalized spacial score (nSPS) is 20.0. The molecule has 1 saturated carbocycles. The molecule has 2 aliphatic rings. The summed E-state index contributed by atoms with van der Waals surface area (Å²) >= 11 is 1.26. The largest absolute Gasteiger partial charge is 0.467 e. The van der Waals surface area contributed by atoms with Crippen molar-refractivity contribution >= 4 is 34.5 Å². The predicted molar refractivity (Wildman–Crippen MR) is 133 cm³/mol. The van der Waals surface area contributed by atoms with E-state index in [4.69, 9.17) is 14.1 Å². The van der Waals surface area contributed by atoms with E-state index in [0.717, 1.165) is 19.4 Å². The number of rotatable bonds is 6. The molecule has 0 spiro atoms. The molecule has 1 saturated heterocycles. The minimum Gasteiger partial charge on any atom is -0.467 e. The molecule has 0 bridgehead atoms. The fourth-order valence-electron chi connectivity index (χ4n) is 5.40. The summed E-state index contributed by atoms with van der Waals surface area (Å²) in [5.41, 5.74) is 0.469. The fourth-order valence-corrected chi connectivity index (χ4v) is 6.28. The highest BCUT2D eigenvalue weighted by atomic mass is 32.2. The van der Waals surface area contributed by atoms with Gasteiger partial charge in [0.25, 0.3) is 5.56 Å². The Morgan fingerprint density at radius 3 is 2.80 bits per heavy atom. The van der Waals surface area contributed by atoms with Crippen LogP contribution in [0.3, 0.4) is 0 Å². The first-order valence-corrected chi connectivity index (χ1v) is 13.1. The molecule has 0 radical (unpaired) electrons. The van der Waals surface area contributed by atoms with Crippen LogP contribution in [0, 0.1) is 5.92 Å². The predicted octanol–water partition coefficient (Wildman–Crippen LogP) is 4.10. The first-order valence-electron chi connectivity index (χ1n) is 12.1. The van der Waals surface area contributed by atoms with Crippen molar-refractivity contribution in [3.05, 3.63) is 58.3 Å². The van der Waals surface area contributed by atoms with Crippen molar-refractivity contribution in [1.82, 2.24) is 14.5 Å². The number of carbonyl (C=O) groups is 2. The zero-order chi connectivity index (χ0) is 24.4. The smallest absolute Gasteiger partial charge is 0.337 e. The van der Waals surface area contributed by atoms with E-state index in [0.29, 0.717) is 39.3 Å². The summed E-state index contributed by atoms with van der Waals surface area (Å²) in [5, 5.41) is 0.812. The molecule has 0 N–H and O–H groups in total. The van der Waals surface area contributed by atoms with E-state index in [1.165, 1.54) is 49.1 Å². The van der Waals surface area contributed by atoms with E-state index in [1.54, 1.807) is 36.6 Å². The van der Waals surface area contributed by atoms with Crippen molar-refractivity contribution < 1.29 is 18.7 Å². The molecule has 3 aromatic rings. The summed E-state index contributed by atoms with van der Waals surface area (Å²) in [6.45, 7) is 1.01. The summed E-state index contributed by atoms with van der Waals surface area (Å²) in [7, 11) is 1.31. The first kappa shape index (κ1) is 23.7. The molecule has 3 heterocycles. The van der Waals surface area contributed by atoms with E-state index in [2.05, 4.69) is 4.90 Å². The molecule has 5 rings (SSSR count). The topological polar surface area (TPSA) is 94.6 Å². The van der Waals surface area contributed by atoms with Gasteiger partial charge in [-0.15, -0.1) is 0 Å². The number of hydrogen-bond donors (Lipinski definition) is 0. The van der Waals surface area contributed by atoms with Gasteiger partial charge < -0.3 is 14.1 Å². The standard InChI is InChI=1S/C26H29N3O5S/c1-33-25(32)18-10-11-20-21(14-18)27-26(29(24(20)31)15-19-8-5-13-34-19)35-16-23(30)28-12-4-7-17-6-2-3-9-22(17)28/h5,8,10-11,13-14,17,22H,2-4,6-7,9,12,15-16H2,1H3/t17-,22+/m1/s1. The highest BCUT2D eigenvalue weighted by Gasteiger charge is 2.35. The maximum absolute atomic E-state index is 13.4. The third kappa shape index (κ3) is 4.87. The number of furan rings is 1. The van der Waals surface area contributed by atoms with E-state index in [-0.39, 0.29) is 23.8 Å². The summed E-state index contributed by atoms with van der Waals surface area (Å²) < 4.78 is 11.8. The van der Waals surface area contributed by atoms with Gasteiger partial charge in [0.2, 0.25) is 5.91 Å². The second-order valence-electron chi connectivity index (χ2n) is 9.22. The molecule has 1 aliphatic heterocycles. The van der Waals surface area contributed by atoms with Crippen LogP contribution in [0.1, 0.15) is 54.6 Å². The Morgan fingerprint density at radius 1 is 1.17 bits per heavy atom. The van der Waals surface area contributed by atoms with Crippen LogP contribution in [0.2, 0.25) is 0 Å². The van der Waals surface area contributed by atoms with Crippen LogP contribution in [0.4, 0.5) is 0 Å². The average molecular weight is 496 g/mol. The zero-order valence-corrected chi connectivity index (χ0v) is 20.6. The lowest BCUT2D eigenvalue weighted by Crippen LogP contribution is -2.50. The minimum absolute atomic E-state index is 0.0915. The molecule has 2 aromatic heterocycles. The highest BCUT2D eigenvalue weighted by Crippen LogP contribution is 2.35. The van der Waals surface area contributed by atoms with Gasteiger partial charge in [-0.3, -0.25) is 14.2 Å². The van der Waals surface area contributed by atoms with Gasteiger partial charge in [0, 0.05) is 12.6 Å². The summed E-state index contributed by atoms with van der Waals surface area (Å²) in [6, 6.07) is 8.61. The Bertz CT molecular complexity index is 1280. The molecular formula is C26H29N3O5S. The van der Waals surface area contributed by atoms with Crippen LogP contribution in [-0.4, -0.2) is 51.8 Å². The Labute approximate surface area is 207 Å². The molecule has 2 atom stereocenters. The molecule has 0 unspecified atom stereocenters. The van der Waals surface area contributed by atoms with E-state index < -0.39 is 5.97 Å². The third-order valence-electron chi connectivity index (χ3n) is 7.12. The number of ether oxygens (including phenoxy) is 1. The number of thioether (sulfide) groups is 1. The SMILES string of the molecule is COC(=O)c1ccc2c(=O)n(Cc3ccco3)c(SCC(=O)N3CCC[C@H]4CCCC[C@@H]43)nc2c1. The molecule has 1 aliphatic carbocycles. The number of aromatic nitrogens is 2. The number of esters is 1. The summed E-state index contributed by atoms with van der Waals surface area (Å²) in [4.78, 5) is 45.5. The van der Waals surface area contributed by atoms with Crippen molar-refractivity contribution in [2.75, 3.05) is 19.4 Å². The zero-order valence-electron chi connectivity index (χ0n) is 19.8. The highest BCUT2D eigenvalue weighted by molar-refractivity contribution is 7.99. The molecule has 184 valence electrons. The van der Waals surface area contributed by atoms with E-state index >= 15 is 0 Å². The number of benzene rings is 1. The quantitative estimate of drug-likeness (QED) is 0.289. The third-order valence-corrected chi connectivity index (χ3v) is 8.08. The van der Waals surface area contributed by atoms with E-state index in [1.807, 2.05) is 0 Å². The summed E-state index contributed by atoms with van der Waals surface area (Å²) in [6.07, 6.45) is 8.53. The maximum atomic E-state index is 13.4. The lowest BCUT2D eigenvalue weighted by molar-refractivity contribution is -0.134. The van der Waals surface area contributed by atoms with Crippen LogP contribution in [-0.2, 0) is 16.1 Å². The second kappa shape index (κ2) is 10.3. The van der Waals surface area contributed by atoms with Gasteiger partial charge in [-0.1, -0.05) is 24.6 Å². The van der Waals surface area contributed by atoms with Crippen molar-refractivity contribution in [2.24, 2.45) is 5.92 Å². The van der Waals surface area contributed by atoms with Gasteiger partial charge in [-0.05, 0) is 61.9 Å². The van der Waals surface area contributed by atoms with E-state index in [9.17, 15) is 14.4 Å². The average Bonchev–Trinajstić information content (AvgIpc) is 3.41. The number of nitrogens with zero attached hydrogens (tertiary/aromatic N) is 3. The van der Waals surface area contributed by atoms with Gasteiger partial charge in [-0.2, -0.15) is 0 Å². The second-order valence-corrected chi connectivity index (χ2v) is 10.2. The Kier molecular flexibility index (Phi) is 6.95. The number of fused-ring (bicyclic) bond motifs is 2.